The number of phenols is 1. The summed E-state index contributed by atoms with van der Waals surface area (Å²) >= 11 is 6.72. The highest BCUT2D eigenvalue weighted by atomic mass is 79.9. The zero-order chi connectivity index (χ0) is 13.6. The maximum absolute atomic E-state index is 9.78. The Morgan fingerprint density at radius 2 is 2.00 bits per heavy atom. The summed E-state index contributed by atoms with van der Waals surface area (Å²) in [6.45, 7) is 1.95. The quantitative estimate of drug-likeness (QED) is 0.790. The second-order valence-electron chi connectivity index (χ2n) is 4.81. The average Bonchev–Trinajstić information content (AvgIpc) is 2.78. The van der Waals surface area contributed by atoms with Gasteiger partial charge in [0.05, 0.1) is 14.6 Å². The molecule has 0 saturated carbocycles. The van der Waals surface area contributed by atoms with Gasteiger partial charge in [0.25, 0.3) is 0 Å². The molecule has 0 amide bonds. The standard InChI is InChI=1S/C13H13Br2N3O/c1-18-3-2-11-8(6-18)12(17-16-11)7-4-9(14)13(19)10(15)5-7/h4-5,19H,2-3,6H2,1H3,(H,16,17). The van der Waals surface area contributed by atoms with Crippen molar-refractivity contribution in [2.24, 2.45) is 0 Å². The van der Waals surface area contributed by atoms with Crippen LogP contribution in [0.5, 0.6) is 5.75 Å². The fraction of sp³-hybridized carbons (Fsp3) is 0.308. The van der Waals surface area contributed by atoms with E-state index in [0.717, 1.165) is 30.8 Å². The first-order valence-corrected chi connectivity index (χ1v) is 7.58. The summed E-state index contributed by atoms with van der Waals surface area (Å²) in [7, 11) is 2.11. The van der Waals surface area contributed by atoms with Crippen molar-refractivity contribution in [1.82, 2.24) is 15.1 Å². The van der Waals surface area contributed by atoms with Crippen LogP contribution in [0, 0.1) is 0 Å². The van der Waals surface area contributed by atoms with E-state index in [4.69, 9.17) is 0 Å². The molecule has 3 rings (SSSR count). The highest BCUT2D eigenvalue weighted by Crippen LogP contribution is 2.38. The molecule has 0 bridgehead atoms. The smallest absolute Gasteiger partial charge is 0.143 e. The van der Waals surface area contributed by atoms with Crippen LogP contribution in [-0.2, 0) is 13.0 Å². The third-order valence-electron chi connectivity index (χ3n) is 3.41. The van der Waals surface area contributed by atoms with Crippen LogP contribution < -0.4 is 0 Å². The summed E-state index contributed by atoms with van der Waals surface area (Å²) < 4.78 is 1.33. The Kier molecular flexibility index (Phi) is 3.41. The molecule has 4 nitrogen and oxygen atoms in total. The number of rotatable bonds is 1. The third-order valence-corrected chi connectivity index (χ3v) is 4.62. The van der Waals surface area contributed by atoms with Crippen molar-refractivity contribution in [3.05, 3.63) is 32.3 Å². The van der Waals surface area contributed by atoms with E-state index in [2.05, 4.69) is 54.0 Å². The molecule has 2 aromatic rings. The molecule has 2 heterocycles. The van der Waals surface area contributed by atoms with Crippen LogP contribution in [0.15, 0.2) is 21.1 Å². The van der Waals surface area contributed by atoms with Crippen molar-refractivity contribution < 1.29 is 5.11 Å². The molecule has 1 aliphatic rings. The molecule has 6 heteroatoms. The molecule has 1 aromatic heterocycles. The van der Waals surface area contributed by atoms with Gasteiger partial charge in [0.2, 0.25) is 0 Å². The molecule has 19 heavy (non-hydrogen) atoms. The number of aromatic amines is 1. The second-order valence-corrected chi connectivity index (χ2v) is 6.51. The molecule has 0 fully saturated rings. The predicted molar refractivity (Wildman–Crippen MR) is 81.1 cm³/mol. The summed E-state index contributed by atoms with van der Waals surface area (Å²) in [5, 5.41) is 17.3. The lowest BCUT2D eigenvalue weighted by molar-refractivity contribution is 0.312. The van der Waals surface area contributed by atoms with Crippen LogP contribution in [0.3, 0.4) is 0 Å². The summed E-state index contributed by atoms with van der Waals surface area (Å²) in [5.41, 5.74) is 4.42. The van der Waals surface area contributed by atoms with Crippen LogP contribution in [0.1, 0.15) is 11.3 Å². The number of nitrogens with one attached hydrogen (secondary N) is 1. The van der Waals surface area contributed by atoms with Crippen LogP contribution in [0.2, 0.25) is 0 Å². The minimum atomic E-state index is 0.213. The molecule has 100 valence electrons. The number of likely N-dealkylation sites (N-methyl/N-ethyl adjacent to an activating group) is 1. The van der Waals surface area contributed by atoms with E-state index < -0.39 is 0 Å². The molecule has 2 N–H and O–H groups in total. The number of fused-ring (bicyclic) bond motifs is 1. The lowest BCUT2D eigenvalue weighted by atomic mass is 10.0. The molecule has 0 radical (unpaired) electrons. The average molecular weight is 387 g/mol. The minimum Gasteiger partial charge on any atom is -0.506 e. The van der Waals surface area contributed by atoms with E-state index in [1.165, 1.54) is 11.3 Å². The van der Waals surface area contributed by atoms with Gasteiger partial charge in [-0.3, -0.25) is 5.10 Å². The molecule has 0 spiro atoms. The van der Waals surface area contributed by atoms with E-state index in [1.807, 2.05) is 12.1 Å². The van der Waals surface area contributed by atoms with Gasteiger partial charge < -0.3 is 10.0 Å². The first kappa shape index (κ1) is 13.1. The largest absolute Gasteiger partial charge is 0.506 e. The number of halogens is 2. The molecule has 1 aromatic carbocycles. The number of hydrogen-bond donors (Lipinski definition) is 2. The van der Waals surface area contributed by atoms with E-state index in [-0.39, 0.29) is 5.75 Å². The molecular weight excluding hydrogens is 374 g/mol. The number of H-pyrrole nitrogens is 1. The normalized spacial score (nSPS) is 15.5. The van der Waals surface area contributed by atoms with Crippen LogP contribution >= 0.6 is 31.9 Å². The van der Waals surface area contributed by atoms with E-state index >= 15 is 0 Å². The highest BCUT2D eigenvalue weighted by Gasteiger charge is 2.21. The van der Waals surface area contributed by atoms with Crippen molar-refractivity contribution >= 4 is 31.9 Å². The summed E-state index contributed by atoms with van der Waals surface area (Å²) in [6.07, 6.45) is 0.999. The fourth-order valence-electron chi connectivity index (χ4n) is 2.37. The Balaban J connectivity index is 2.11. The Bertz CT molecular complexity index is 616. The van der Waals surface area contributed by atoms with Crippen molar-refractivity contribution in [3.63, 3.8) is 0 Å². The van der Waals surface area contributed by atoms with Gasteiger partial charge in [0, 0.05) is 36.3 Å². The fourth-order valence-corrected chi connectivity index (χ4v) is 3.56. The van der Waals surface area contributed by atoms with E-state index in [1.54, 1.807) is 0 Å². The van der Waals surface area contributed by atoms with Crippen molar-refractivity contribution in [1.29, 1.82) is 0 Å². The third kappa shape index (κ3) is 2.32. The van der Waals surface area contributed by atoms with Gasteiger partial charge in [-0.15, -0.1) is 0 Å². The SMILES string of the molecule is CN1CCc2[nH]nc(-c3cc(Br)c(O)c(Br)c3)c2C1. The molecule has 0 aliphatic carbocycles. The predicted octanol–water partition coefficient (Wildman–Crippen LogP) is 3.30. The summed E-state index contributed by atoms with van der Waals surface area (Å²) in [4.78, 5) is 2.28. The maximum Gasteiger partial charge on any atom is 0.143 e. The number of aromatic hydroxyl groups is 1. The lowest BCUT2D eigenvalue weighted by Crippen LogP contribution is -2.26. The Morgan fingerprint density at radius 1 is 1.32 bits per heavy atom. The van der Waals surface area contributed by atoms with Gasteiger partial charge in [-0.05, 0) is 51.0 Å². The topological polar surface area (TPSA) is 52.2 Å². The van der Waals surface area contributed by atoms with Crippen LogP contribution in [0.4, 0.5) is 0 Å². The number of hydrogen-bond acceptors (Lipinski definition) is 3. The molecule has 0 unspecified atom stereocenters. The second kappa shape index (κ2) is 4.92. The summed E-state index contributed by atoms with van der Waals surface area (Å²) in [6, 6.07) is 3.79. The van der Waals surface area contributed by atoms with Gasteiger partial charge in [-0.25, -0.2) is 0 Å². The Morgan fingerprint density at radius 3 is 2.68 bits per heavy atom. The molecular formula is C13H13Br2N3O. The first-order valence-electron chi connectivity index (χ1n) is 5.99. The van der Waals surface area contributed by atoms with Crippen molar-refractivity contribution in [3.8, 4) is 17.0 Å². The van der Waals surface area contributed by atoms with Gasteiger partial charge in [-0.1, -0.05) is 0 Å². The van der Waals surface area contributed by atoms with Crippen LogP contribution in [0.25, 0.3) is 11.3 Å². The van der Waals surface area contributed by atoms with Gasteiger partial charge >= 0.3 is 0 Å². The lowest BCUT2D eigenvalue weighted by Gasteiger charge is -2.22. The van der Waals surface area contributed by atoms with Crippen molar-refractivity contribution in [2.75, 3.05) is 13.6 Å². The molecule has 0 atom stereocenters. The van der Waals surface area contributed by atoms with E-state index in [9.17, 15) is 5.11 Å². The number of nitrogens with zero attached hydrogens (tertiary/aromatic N) is 2. The summed E-state index contributed by atoms with van der Waals surface area (Å²) in [5.74, 6) is 0.213. The maximum atomic E-state index is 9.78. The minimum absolute atomic E-state index is 0.213. The Labute approximate surface area is 128 Å². The van der Waals surface area contributed by atoms with Gasteiger partial charge in [0.1, 0.15) is 5.75 Å². The van der Waals surface area contributed by atoms with Gasteiger partial charge in [-0.2, -0.15) is 5.10 Å². The molecule has 0 saturated heterocycles. The number of benzene rings is 1. The molecule has 1 aliphatic heterocycles. The van der Waals surface area contributed by atoms with E-state index in [0.29, 0.717) is 8.95 Å². The first-order chi connectivity index (χ1) is 9.06. The van der Waals surface area contributed by atoms with Crippen LogP contribution in [-0.4, -0.2) is 33.8 Å². The monoisotopic (exact) mass is 385 g/mol. The van der Waals surface area contributed by atoms with Gasteiger partial charge in [0.15, 0.2) is 0 Å². The zero-order valence-electron chi connectivity index (χ0n) is 10.4. The number of aromatic nitrogens is 2. The zero-order valence-corrected chi connectivity index (χ0v) is 13.5. The number of phenolic OH excluding ortho intramolecular Hbond substituents is 1. The van der Waals surface area contributed by atoms with Crippen molar-refractivity contribution in [2.45, 2.75) is 13.0 Å². The Hall–Kier alpha value is -0.850. The highest BCUT2D eigenvalue weighted by molar-refractivity contribution is 9.11.